The first-order chi connectivity index (χ1) is 11.3. The van der Waals surface area contributed by atoms with Crippen molar-refractivity contribution in [2.45, 2.75) is 26.9 Å². The number of nitrogens with one attached hydrogen (secondary N) is 1. The molecule has 0 fully saturated rings. The maximum absolute atomic E-state index is 12.2. The highest BCUT2D eigenvalue weighted by atomic mass is 35.5. The van der Waals surface area contributed by atoms with Crippen molar-refractivity contribution >= 4 is 40.9 Å². The van der Waals surface area contributed by atoms with Gasteiger partial charge in [0.05, 0.1) is 15.6 Å². The maximum Gasteiger partial charge on any atom is 0.339 e. The van der Waals surface area contributed by atoms with Crippen LogP contribution < -0.4 is 5.32 Å². The van der Waals surface area contributed by atoms with Crippen molar-refractivity contribution in [3.05, 3.63) is 57.2 Å². The van der Waals surface area contributed by atoms with E-state index in [0.717, 1.165) is 11.1 Å². The average molecular weight is 367 g/mol. The Balaban J connectivity index is 2.04. The molecule has 1 heterocycles. The minimum absolute atomic E-state index is 0.153. The Kier molecular flexibility index (Phi) is 5.80. The Labute approximate surface area is 149 Å². The normalized spacial score (nSPS) is 11.7. The van der Waals surface area contributed by atoms with Gasteiger partial charge in [0, 0.05) is 6.20 Å². The standard InChI is InChI=1S/C17H16Cl2N2O3/c1-9-4-5-13(10(2)6-9)17(23)24-11(3)16(22)21-15-14(19)7-12(18)8-20-15/h4-8,11H,1-3H3,(H,20,21,22). The summed E-state index contributed by atoms with van der Waals surface area (Å²) in [6.45, 7) is 5.22. The van der Waals surface area contributed by atoms with E-state index in [0.29, 0.717) is 10.6 Å². The molecule has 5 nitrogen and oxygen atoms in total. The minimum atomic E-state index is -1.01. The Morgan fingerprint density at radius 1 is 1.21 bits per heavy atom. The number of aryl methyl sites for hydroxylation is 2. The molecule has 126 valence electrons. The van der Waals surface area contributed by atoms with Crippen molar-refractivity contribution in [2.24, 2.45) is 0 Å². The number of anilines is 1. The molecule has 0 radical (unpaired) electrons. The molecule has 1 N–H and O–H groups in total. The van der Waals surface area contributed by atoms with Crippen LogP contribution in [0.25, 0.3) is 0 Å². The smallest absolute Gasteiger partial charge is 0.339 e. The number of hydrogen-bond acceptors (Lipinski definition) is 4. The van der Waals surface area contributed by atoms with E-state index >= 15 is 0 Å². The third kappa shape index (κ3) is 4.46. The third-order valence-electron chi connectivity index (χ3n) is 3.30. The molecule has 1 unspecified atom stereocenters. The van der Waals surface area contributed by atoms with Crippen molar-refractivity contribution in [1.29, 1.82) is 0 Å². The van der Waals surface area contributed by atoms with Crippen LogP contribution in [0.1, 0.15) is 28.4 Å². The number of esters is 1. The van der Waals surface area contributed by atoms with Crippen LogP contribution in [-0.2, 0) is 9.53 Å². The number of carbonyl (C=O) groups excluding carboxylic acids is 2. The zero-order chi connectivity index (χ0) is 17.9. The lowest BCUT2D eigenvalue weighted by Crippen LogP contribution is -2.30. The molecule has 0 bridgehead atoms. The van der Waals surface area contributed by atoms with Crippen molar-refractivity contribution in [3.8, 4) is 0 Å². The van der Waals surface area contributed by atoms with E-state index in [2.05, 4.69) is 10.3 Å². The lowest BCUT2D eigenvalue weighted by atomic mass is 10.1. The lowest BCUT2D eigenvalue weighted by Gasteiger charge is -2.14. The van der Waals surface area contributed by atoms with Crippen LogP contribution in [-0.4, -0.2) is 23.0 Å². The lowest BCUT2D eigenvalue weighted by molar-refractivity contribution is -0.123. The van der Waals surface area contributed by atoms with E-state index in [4.69, 9.17) is 27.9 Å². The van der Waals surface area contributed by atoms with Gasteiger partial charge >= 0.3 is 5.97 Å². The van der Waals surface area contributed by atoms with Crippen LogP contribution in [0.2, 0.25) is 10.0 Å². The van der Waals surface area contributed by atoms with Gasteiger partial charge in [-0.1, -0.05) is 40.9 Å². The zero-order valence-corrected chi connectivity index (χ0v) is 14.9. The molecule has 0 saturated carbocycles. The van der Waals surface area contributed by atoms with Gasteiger partial charge in [-0.3, -0.25) is 4.79 Å². The number of ether oxygens (including phenoxy) is 1. The average Bonchev–Trinajstić information content (AvgIpc) is 2.49. The van der Waals surface area contributed by atoms with Gasteiger partial charge in [0.1, 0.15) is 0 Å². The van der Waals surface area contributed by atoms with Crippen molar-refractivity contribution in [3.63, 3.8) is 0 Å². The van der Waals surface area contributed by atoms with Gasteiger partial charge in [-0.2, -0.15) is 0 Å². The molecule has 2 aromatic rings. The summed E-state index contributed by atoms with van der Waals surface area (Å²) in [7, 11) is 0. The highest BCUT2D eigenvalue weighted by molar-refractivity contribution is 6.36. The predicted octanol–water partition coefficient (Wildman–Crippen LogP) is 4.19. The van der Waals surface area contributed by atoms with E-state index in [9.17, 15) is 9.59 Å². The molecule has 1 aromatic carbocycles. The highest BCUT2D eigenvalue weighted by Crippen LogP contribution is 2.22. The first kappa shape index (κ1) is 18.2. The topological polar surface area (TPSA) is 68.3 Å². The van der Waals surface area contributed by atoms with E-state index in [1.807, 2.05) is 26.0 Å². The second kappa shape index (κ2) is 7.64. The molecule has 0 aliphatic rings. The minimum Gasteiger partial charge on any atom is -0.449 e. The molecule has 1 aromatic heterocycles. The van der Waals surface area contributed by atoms with E-state index in [1.54, 1.807) is 6.07 Å². The fraction of sp³-hybridized carbons (Fsp3) is 0.235. The van der Waals surface area contributed by atoms with Gasteiger partial charge in [0.15, 0.2) is 11.9 Å². The quantitative estimate of drug-likeness (QED) is 0.823. The molecule has 7 heteroatoms. The first-order valence-corrected chi connectivity index (χ1v) is 7.93. The second-order valence-electron chi connectivity index (χ2n) is 5.34. The van der Waals surface area contributed by atoms with Crippen LogP contribution in [0.3, 0.4) is 0 Å². The second-order valence-corrected chi connectivity index (χ2v) is 6.18. The van der Waals surface area contributed by atoms with Crippen LogP contribution in [0.5, 0.6) is 0 Å². The van der Waals surface area contributed by atoms with Crippen LogP contribution in [0.15, 0.2) is 30.5 Å². The zero-order valence-electron chi connectivity index (χ0n) is 13.4. The third-order valence-corrected chi connectivity index (χ3v) is 3.80. The van der Waals surface area contributed by atoms with Gasteiger partial charge in [0.2, 0.25) is 0 Å². The number of aromatic nitrogens is 1. The number of pyridine rings is 1. The number of hydrogen-bond donors (Lipinski definition) is 1. The Bertz CT molecular complexity index is 793. The summed E-state index contributed by atoms with van der Waals surface area (Å²) < 4.78 is 5.21. The molecule has 2 rings (SSSR count). The van der Waals surface area contributed by atoms with Crippen LogP contribution in [0, 0.1) is 13.8 Å². The summed E-state index contributed by atoms with van der Waals surface area (Å²) >= 11 is 11.7. The van der Waals surface area contributed by atoms with Gasteiger partial charge in [-0.15, -0.1) is 0 Å². The monoisotopic (exact) mass is 366 g/mol. The summed E-state index contributed by atoms with van der Waals surface area (Å²) in [4.78, 5) is 28.3. The molecular weight excluding hydrogens is 351 g/mol. The summed E-state index contributed by atoms with van der Waals surface area (Å²) in [6, 6.07) is 6.82. The number of halogens is 2. The molecule has 1 atom stereocenters. The maximum atomic E-state index is 12.2. The van der Waals surface area contributed by atoms with Gasteiger partial charge in [0.25, 0.3) is 5.91 Å². The largest absolute Gasteiger partial charge is 0.449 e. The summed E-state index contributed by atoms with van der Waals surface area (Å²) in [5.74, 6) is -0.948. The van der Waals surface area contributed by atoms with Crippen molar-refractivity contribution < 1.29 is 14.3 Å². The highest BCUT2D eigenvalue weighted by Gasteiger charge is 2.21. The van der Waals surface area contributed by atoms with Crippen LogP contribution >= 0.6 is 23.2 Å². The molecule has 0 aliphatic carbocycles. The van der Waals surface area contributed by atoms with Gasteiger partial charge < -0.3 is 10.1 Å². The number of carbonyl (C=O) groups is 2. The number of amides is 1. The molecule has 24 heavy (non-hydrogen) atoms. The Morgan fingerprint density at radius 2 is 1.92 bits per heavy atom. The van der Waals surface area contributed by atoms with E-state index in [1.165, 1.54) is 19.2 Å². The molecule has 0 saturated heterocycles. The SMILES string of the molecule is Cc1ccc(C(=O)OC(C)C(=O)Nc2ncc(Cl)cc2Cl)c(C)c1. The molecular formula is C17H16Cl2N2O3. The predicted molar refractivity (Wildman–Crippen MR) is 93.7 cm³/mol. The van der Waals surface area contributed by atoms with Gasteiger partial charge in [-0.05, 0) is 38.5 Å². The fourth-order valence-electron chi connectivity index (χ4n) is 2.05. The molecule has 0 aliphatic heterocycles. The number of benzene rings is 1. The summed E-state index contributed by atoms with van der Waals surface area (Å²) in [5, 5.41) is 3.05. The van der Waals surface area contributed by atoms with E-state index in [-0.39, 0.29) is 10.8 Å². The number of nitrogens with zero attached hydrogens (tertiary/aromatic N) is 1. The fourth-order valence-corrected chi connectivity index (χ4v) is 2.47. The Morgan fingerprint density at radius 3 is 2.54 bits per heavy atom. The summed E-state index contributed by atoms with van der Waals surface area (Å²) in [6.07, 6.45) is 0.349. The summed E-state index contributed by atoms with van der Waals surface area (Å²) in [5.41, 5.74) is 2.25. The van der Waals surface area contributed by atoms with Crippen molar-refractivity contribution in [1.82, 2.24) is 4.98 Å². The molecule has 1 amide bonds. The van der Waals surface area contributed by atoms with Crippen molar-refractivity contribution in [2.75, 3.05) is 5.32 Å². The Hall–Kier alpha value is -2.11. The van der Waals surface area contributed by atoms with E-state index < -0.39 is 18.0 Å². The van der Waals surface area contributed by atoms with Gasteiger partial charge in [-0.25, -0.2) is 9.78 Å². The first-order valence-electron chi connectivity index (χ1n) is 7.18. The molecule has 0 spiro atoms. The number of rotatable bonds is 4. The van der Waals surface area contributed by atoms with Crippen LogP contribution in [0.4, 0.5) is 5.82 Å².